The van der Waals surface area contributed by atoms with Gasteiger partial charge < -0.3 is 19.7 Å². The van der Waals surface area contributed by atoms with Crippen LogP contribution in [0.4, 0.5) is 4.39 Å². The second-order valence-corrected chi connectivity index (χ2v) is 6.63. The molecule has 0 bridgehead atoms. The summed E-state index contributed by atoms with van der Waals surface area (Å²) < 4.78 is 24.3. The lowest BCUT2D eigenvalue weighted by atomic mass is 9.78. The van der Waals surface area contributed by atoms with Crippen LogP contribution >= 0.6 is 12.4 Å². The van der Waals surface area contributed by atoms with Gasteiger partial charge in [-0.05, 0) is 43.6 Å². The predicted molar refractivity (Wildman–Crippen MR) is 95.3 cm³/mol. The zero-order valence-electron chi connectivity index (χ0n) is 14.5. The van der Waals surface area contributed by atoms with Gasteiger partial charge in [-0.1, -0.05) is 12.1 Å². The molecule has 3 rings (SSSR count). The zero-order chi connectivity index (χ0) is 17.0. The van der Waals surface area contributed by atoms with Crippen LogP contribution in [0.5, 0.6) is 0 Å². The van der Waals surface area contributed by atoms with Gasteiger partial charge in [0.2, 0.25) is 5.91 Å². The maximum atomic E-state index is 13.2. The quantitative estimate of drug-likeness (QED) is 0.880. The number of halogens is 2. The molecule has 0 saturated carbocycles. The molecule has 5 nitrogen and oxygen atoms in total. The molecule has 1 aromatic rings. The van der Waals surface area contributed by atoms with Crippen molar-refractivity contribution in [3.8, 4) is 0 Å². The summed E-state index contributed by atoms with van der Waals surface area (Å²) in [5.74, 6) is -0.113. The van der Waals surface area contributed by atoms with Gasteiger partial charge in [0, 0.05) is 13.7 Å². The maximum Gasteiger partial charge on any atom is 0.231 e. The van der Waals surface area contributed by atoms with E-state index in [0.717, 1.165) is 31.5 Å². The number of hydrogen-bond acceptors (Lipinski definition) is 4. The molecule has 25 heavy (non-hydrogen) atoms. The molecular formula is C18H26ClFN2O3. The summed E-state index contributed by atoms with van der Waals surface area (Å²) in [6.45, 7) is 3.71. The minimum atomic E-state index is -0.440. The van der Waals surface area contributed by atoms with Crippen molar-refractivity contribution < 1.29 is 18.7 Å². The molecule has 2 heterocycles. The van der Waals surface area contributed by atoms with Gasteiger partial charge >= 0.3 is 0 Å². The summed E-state index contributed by atoms with van der Waals surface area (Å²) >= 11 is 0. The highest BCUT2D eigenvalue weighted by Gasteiger charge is 2.43. The number of carbonyl (C=O) groups excluding carboxylic acids is 1. The molecule has 0 aliphatic carbocycles. The summed E-state index contributed by atoms with van der Waals surface area (Å²) in [6, 6.07) is 6.31. The normalized spacial score (nSPS) is 23.0. The average Bonchev–Trinajstić information content (AvgIpc) is 2.63. The number of methoxy groups -OCH3 is 1. The molecule has 140 valence electrons. The van der Waals surface area contributed by atoms with Crippen LogP contribution in [0.2, 0.25) is 0 Å². The molecule has 1 atom stereocenters. The predicted octanol–water partition coefficient (Wildman–Crippen LogP) is 2.16. The van der Waals surface area contributed by atoms with E-state index in [2.05, 4.69) is 5.32 Å². The summed E-state index contributed by atoms with van der Waals surface area (Å²) in [7, 11) is 1.65. The zero-order valence-corrected chi connectivity index (χ0v) is 15.3. The van der Waals surface area contributed by atoms with Gasteiger partial charge in [-0.2, -0.15) is 0 Å². The smallest absolute Gasteiger partial charge is 0.231 e. The van der Waals surface area contributed by atoms with E-state index in [-0.39, 0.29) is 30.2 Å². The summed E-state index contributed by atoms with van der Waals surface area (Å²) in [6.07, 6.45) is 1.38. The molecule has 2 aliphatic rings. The second kappa shape index (κ2) is 8.94. The van der Waals surface area contributed by atoms with E-state index in [1.54, 1.807) is 19.2 Å². The third-order valence-electron chi connectivity index (χ3n) is 5.03. The standard InChI is InChI=1S/C18H25FN2O3.ClH/c1-23-13-18(6-8-20-9-7-18)17(22)21-10-11-24-16(12-21)14-2-4-15(19)5-3-14;/h2-5,16,20H,6-13H2,1H3;1H. The van der Waals surface area contributed by atoms with Gasteiger partial charge in [0.15, 0.2) is 0 Å². The van der Waals surface area contributed by atoms with Crippen molar-refractivity contribution in [1.29, 1.82) is 0 Å². The molecule has 0 spiro atoms. The van der Waals surface area contributed by atoms with Gasteiger partial charge in [0.1, 0.15) is 11.9 Å². The molecule has 7 heteroatoms. The Labute approximate surface area is 154 Å². The Morgan fingerprint density at radius 2 is 2.04 bits per heavy atom. The van der Waals surface area contributed by atoms with Crippen LogP contribution in [-0.4, -0.2) is 57.3 Å². The molecular weight excluding hydrogens is 347 g/mol. The largest absolute Gasteiger partial charge is 0.384 e. The number of nitrogens with zero attached hydrogens (tertiary/aromatic N) is 1. The van der Waals surface area contributed by atoms with Crippen molar-refractivity contribution in [3.05, 3.63) is 35.6 Å². The number of ether oxygens (including phenoxy) is 2. The highest BCUT2D eigenvalue weighted by Crippen LogP contribution is 2.33. The van der Waals surface area contributed by atoms with E-state index in [4.69, 9.17) is 9.47 Å². The number of carbonyl (C=O) groups is 1. The van der Waals surface area contributed by atoms with Gasteiger partial charge in [-0.15, -0.1) is 12.4 Å². The van der Waals surface area contributed by atoms with E-state index < -0.39 is 5.41 Å². The molecule has 2 aliphatic heterocycles. The molecule has 2 saturated heterocycles. The Balaban J connectivity index is 0.00000225. The van der Waals surface area contributed by atoms with Gasteiger partial charge in [0.25, 0.3) is 0 Å². The van der Waals surface area contributed by atoms with Crippen LogP contribution < -0.4 is 5.32 Å². The Hall–Kier alpha value is -1.21. The van der Waals surface area contributed by atoms with Gasteiger partial charge in [0.05, 0.1) is 25.2 Å². The van der Waals surface area contributed by atoms with Gasteiger partial charge in [-0.25, -0.2) is 4.39 Å². The second-order valence-electron chi connectivity index (χ2n) is 6.63. The van der Waals surface area contributed by atoms with E-state index in [0.29, 0.717) is 26.3 Å². The maximum absolute atomic E-state index is 13.2. The lowest BCUT2D eigenvalue weighted by Gasteiger charge is -2.42. The Morgan fingerprint density at radius 3 is 2.68 bits per heavy atom. The Morgan fingerprint density at radius 1 is 1.36 bits per heavy atom. The first-order valence-corrected chi connectivity index (χ1v) is 8.51. The van der Waals surface area contributed by atoms with Crippen molar-refractivity contribution in [2.75, 3.05) is 46.5 Å². The van der Waals surface area contributed by atoms with Crippen LogP contribution in [0.15, 0.2) is 24.3 Å². The minimum Gasteiger partial charge on any atom is -0.384 e. The number of piperidine rings is 1. The molecule has 1 N–H and O–H groups in total. The van der Waals surface area contributed by atoms with E-state index in [9.17, 15) is 9.18 Å². The Bertz CT molecular complexity index is 558. The van der Waals surface area contributed by atoms with Crippen LogP contribution in [0.25, 0.3) is 0 Å². The van der Waals surface area contributed by atoms with Crippen molar-refractivity contribution in [2.45, 2.75) is 18.9 Å². The fourth-order valence-corrected chi connectivity index (χ4v) is 3.65. The van der Waals surface area contributed by atoms with Gasteiger partial charge in [-0.3, -0.25) is 4.79 Å². The molecule has 0 radical (unpaired) electrons. The molecule has 1 unspecified atom stereocenters. The summed E-state index contributed by atoms with van der Waals surface area (Å²) in [4.78, 5) is 15.1. The van der Waals surface area contributed by atoms with Crippen LogP contribution in [-0.2, 0) is 14.3 Å². The van der Waals surface area contributed by atoms with Crippen molar-refractivity contribution in [3.63, 3.8) is 0 Å². The van der Waals surface area contributed by atoms with E-state index in [1.165, 1.54) is 12.1 Å². The third kappa shape index (κ3) is 4.50. The average molecular weight is 373 g/mol. The number of rotatable bonds is 4. The van der Waals surface area contributed by atoms with Crippen molar-refractivity contribution in [1.82, 2.24) is 10.2 Å². The van der Waals surface area contributed by atoms with Crippen LogP contribution in [0, 0.1) is 11.2 Å². The monoisotopic (exact) mass is 372 g/mol. The number of morpholine rings is 1. The van der Waals surface area contributed by atoms with Crippen LogP contribution in [0.3, 0.4) is 0 Å². The first kappa shape index (κ1) is 20.1. The fraction of sp³-hybridized carbons (Fsp3) is 0.611. The number of hydrogen-bond donors (Lipinski definition) is 1. The lowest BCUT2D eigenvalue weighted by Crippen LogP contribution is -2.54. The summed E-state index contributed by atoms with van der Waals surface area (Å²) in [5, 5.41) is 3.31. The third-order valence-corrected chi connectivity index (χ3v) is 5.03. The molecule has 2 fully saturated rings. The first-order valence-electron chi connectivity index (χ1n) is 8.51. The number of benzene rings is 1. The highest BCUT2D eigenvalue weighted by atomic mass is 35.5. The topological polar surface area (TPSA) is 50.8 Å². The fourth-order valence-electron chi connectivity index (χ4n) is 3.65. The van der Waals surface area contributed by atoms with Crippen LogP contribution in [0.1, 0.15) is 24.5 Å². The Kier molecular flexibility index (Phi) is 7.19. The first-order chi connectivity index (χ1) is 11.6. The van der Waals surface area contributed by atoms with Crippen molar-refractivity contribution >= 4 is 18.3 Å². The lowest BCUT2D eigenvalue weighted by molar-refractivity contribution is -0.155. The van der Waals surface area contributed by atoms with Crippen molar-refractivity contribution in [2.24, 2.45) is 5.41 Å². The minimum absolute atomic E-state index is 0. The number of amides is 1. The van der Waals surface area contributed by atoms with E-state index >= 15 is 0 Å². The number of nitrogens with one attached hydrogen (secondary N) is 1. The SMILES string of the molecule is COCC1(C(=O)N2CCOC(c3ccc(F)cc3)C2)CCNCC1.Cl. The highest BCUT2D eigenvalue weighted by molar-refractivity contribution is 5.85. The van der Waals surface area contributed by atoms with E-state index in [1.807, 2.05) is 4.90 Å². The summed E-state index contributed by atoms with van der Waals surface area (Å²) in [5.41, 5.74) is 0.463. The molecule has 1 aromatic carbocycles. The molecule has 0 aromatic heterocycles. The molecule has 1 amide bonds.